The number of alkyl halides is 5. The van der Waals surface area contributed by atoms with Crippen LogP contribution in [0.15, 0.2) is 36.7 Å². The number of sulfonamides is 1. The van der Waals surface area contributed by atoms with Crippen molar-refractivity contribution in [3.8, 4) is 17.1 Å². The Bertz CT molecular complexity index is 1660. The van der Waals surface area contributed by atoms with Crippen molar-refractivity contribution in [2.75, 3.05) is 59.7 Å². The molecule has 8 bridgehead atoms. The molecule has 12 nitrogen and oxygen atoms in total. The van der Waals surface area contributed by atoms with Gasteiger partial charge in [-0.25, -0.2) is 31.8 Å². The maximum Gasteiger partial charge on any atom is 0.417 e. The summed E-state index contributed by atoms with van der Waals surface area (Å²) >= 11 is 0. The highest BCUT2D eigenvalue weighted by Crippen LogP contribution is 2.44. The molecule has 7 rings (SSSR count). The predicted octanol–water partition coefficient (Wildman–Crippen LogP) is 3.63. The Morgan fingerprint density at radius 2 is 1.80 bits per heavy atom. The van der Waals surface area contributed by atoms with Gasteiger partial charge in [0.25, 0.3) is 5.92 Å². The first-order chi connectivity index (χ1) is 21.8. The number of hydrogen-bond donors (Lipinski definition) is 2. The molecule has 2 fully saturated rings. The van der Waals surface area contributed by atoms with Crippen LogP contribution in [0.4, 0.5) is 39.3 Å². The Kier molecular flexibility index (Phi) is 8.56. The molecule has 0 radical (unpaired) electrons. The van der Waals surface area contributed by atoms with E-state index in [2.05, 4.69) is 25.0 Å². The zero-order chi connectivity index (χ0) is 32.7. The second kappa shape index (κ2) is 12.2. The van der Waals surface area contributed by atoms with Gasteiger partial charge in [0.15, 0.2) is 5.60 Å². The van der Waals surface area contributed by atoms with Gasteiger partial charge in [-0.05, 0) is 37.1 Å². The van der Waals surface area contributed by atoms with E-state index in [0.29, 0.717) is 22.8 Å². The third-order valence-electron chi connectivity index (χ3n) is 8.79. The second-order valence-electron chi connectivity index (χ2n) is 11.8. The molecule has 4 aliphatic rings. The lowest BCUT2D eigenvalue weighted by Crippen LogP contribution is -2.55. The Morgan fingerprint density at radius 3 is 2.54 bits per heavy atom. The summed E-state index contributed by atoms with van der Waals surface area (Å²) in [5.74, 6) is -4.44. The molecule has 1 aromatic carbocycles. The summed E-state index contributed by atoms with van der Waals surface area (Å²) in [7, 11) is -3.89. The van der Waals surface area contributed by atoms with Gasteiger partial charge in [0.2, 0.25) is 16.0 Å². The number of aromatic nitrogens is 5. The van der Waals surface area contributed by atoms with Crippen molar-refractivity contribution in [1.29, 1.82) is 0 Å². The minimum atomic E-state index is -4.71. The van der Waals surface area contributed by atoms with Gasteiger partial charge in [-0.1, -0.05) is 5.21 Å². The second-order valence-corrected chi connectivity index (χ2v) is 13.6. The van der Waals surface area contributed by atoms with Crippen molar-refractivity contribution >= 4 is 27.3 Å². The molecule has 2 N–H and O–H groups in total. The van der Waals surface area contributed by atoms with Crippen LogP contribution < -0.4 is 14.5 Å². The number of ether oxygens (including phenoxy) is 1. The van der Waals surface area contributed by atoms with Gasteiger partial charge in [-0.2, -0.15) is 13.2 Å². The maximum absolute atomic E-state index is 14.9. The highest BCUT2D eigenvalue weighted by molar-refractivity contribution is 7.92. The number of nitrogens with one attached hydrogen (secondary N) is 1. The minimum absolute atomic E-state index is 0.000925. The van der Waals surface area contributed by atoms with Crippen LogP contribution in [0.1, 0.15) is 32.1 Å². The normalized spacial score (nSPS) is 23.7. The maximum atomic E-state index is 14.9. The van der Waals surface area contributed by atoms with Gasteiger partial charge < -0.3 is 19.6 Å². The molecule has 0 amide bonds. The van der Waals surface area contributed by atoms with Crippen molar-refractivity contribution < 1.29 is 40.2 Å². The summed E-state index contributed by atoms with van der Waals surface area (Å²) in [6, 6.07) is 6.14. The Hall–Kier alpha value is -3.64. The van der Waals surface area contributed by atoms with E-state index >= 15 is 0 Å². The van der Waals surface area contributed by atoms with Crippen LogP contribution in [-0.2, 0) is 14.8 Å². The molecule has 0 saturated carbocycles. The standard InChI is InChI=1S/C28H33F5N8O4S/c29-27(30)8-12-40-17-19(27)2-1-14-45-26(28(31,32)33)6-10-39(11-7-26)24-16-20(37-46(43,44)15-13-42)3-4-23(24)41-18-22(36-38-41)21-5-9-34-25(40)35-21/h3-5,9,16,18-19,37,42H,1-2,6-8,10-15,17H2. The van der Waals surface area contributed by atoms with Gasteiger partial charge >= 0.3 is 6.18 Å². The van der Waals surface area contributed by atoms with Crippen LogP contribution in [-0.4, -0.2) is 101 Å². The van der Waals surface area contributed by atoms with E-state index in [-0.39, 0.29) is 57.3 Å². The highest BCUT2D eigenvalue weighted by Gasteiger charge is 2.57. The highest BCUT2D eigenvalue weighted by atomic mass is 32.2. The van der Waals surface area contributed by atoms with E-state index < -0.39 is 65.3 Å². The molecule has 0 spiro atoms. The average Bonchev–Trinajstić information content (AvgIpc) is 3.49. The Balaban J connectivity index is 1.41. The van der Waals surface area contributed by atoms with Gasteiger partial charge in [0, 0.05) is 64.2 Å². The fourth-order valence-corrected chi connectivity index (χ4v) is 7.03. The van der Waals surface area contributed by atoms with Crippen LogP contribution in [0.5, 0.6) is 0 Å². The number of hydrogen-bond acceptors (Lipinski definition) is 10. The first-order valence-electron chi connectivity index (χ1n) is 14.9. The number of aliphatic hydroxyl groups is 1. The van der Waals surface area contributed by atoms with Gasteiger partial charge in [-0.3, -0.25) is 4.72 Å². The molecule has 2 saturated heterocycles. The fourth-order valence-electron chi connectivity index (χ4n) is 6.21. The van der Waals surface area contributed by atoms with Crippen molar-refractivity contribution in [2.45, 2.75) is 49.8 Å². The van der Waals surface area contributed by atoms with Crippen LogP contribution in [0.2, 0.25) is 0 Å². The van der Waals surface area contributed by atoms with E-state index in [1.807, 2.05) is 0 Å². The van der Waals surface area contributed by atoms with Crippen molar-refractivity contribution in [3.05, 3.63) is 36.7 Å². The van der Waals surface area contributed by atoms with Crippen molar-refractivity contribution in [3.63, 3.8) is 0 Å². The molecule has 2 aromatic heterocycles. The van der Waals surface area contributed by atoms with Crippen LogP contribution >= 0.6 is 0 Å². The number of halogens is 5. The zero-order valence-electron chi connectivity index (χ0n) is 24.6. The molecular weight excluding hydrogens is 639 g/mol. The van der Waals surface area contributed by atoms with E-state index in [1.165, 1.54) is 23.0 Å². The molecule has 3 aromatic rings. The minimum Gasteiger partial charge on any atom is -0.395 e. The molecule has 1 unspecified atom stereocenters. The summed E-state index contributed by atoms with van der Waals surface area (Å²) in [6.07, 6.45) is -3.00. The van der Waals surface area contributed by atoms with E-state index in [0.717, 1.165) is 0 Å². The van der Waals surface area contributed by atoms with Gasteiger partial charge in [0.1, 0.15) is 5.69 Å². The molecule has 46 heavy (non-hydrogen) atoms. The SMILES string of the molecule is O=S(=O)(CCO)Nc1ccc2c(c1)N1CCC(C(F)(F)F)(CC1)OCCCC1CN(CCC1(F)F)c1nccc(n1)-c1cn-2nn1. The summed E-state index contributed by atoms with van der Waals surface area (Å²) in [6.45, 7) is -1.22. The molecule has 6 heterocycles. The number of rotatable bonds is 4. The average molecular weight is 673 g/mol. The topological polar surface area (TPSA) is 139 Å². The summed E-state index contributed by atoms with van der Waals surface area (Å²) < 4.78 is 107. The molecule has 4 aliphatic heterocycles. The quantitative estimate of drug-likeness (QED) is 0.395. The molecule has 0 aliphatic carbocycles. The summed E-state index contributed by atoms with van der Waals surface area (Å²) in [5.41, 5.74) is -0.798. The van der Waals surface area contributed by atoms with E-state index in [9.17, 15) is 30.4 Å². The number of fused-ring (bicyclic) bond motifs is 5. The van der Waals surface area contributed by atoms with Crippen molar-refractivity contribution in [2.24, 2.45) is 5.92 Å². The van der Waals surface area contributed by atoms with Gasteiger partial charge in [0.05, 0.1) is 41.3 Å². The molecule has 18 heteroatoms. The smallest absolute Gasteiger partial charge is 0.395 e. The van der Waals surface area contributed by atoms with Crippen molar-refractivity contribution in [1.82, 2.24) is 25.0 Å². The summed E-state index contributed by atoms with van der Waals surface area (Å²) in [4.78, 5) is 12.2. The number of anilines is 3. The summed E-state index contributed by atoms with van der Waals surface area (Å²) in [5, 5.41) is 17.6. The molecule has 1 atom stereocenters. The molecule has 250 valence electrons. The molecular formula is C28H33F5N8O4S. The van der Waals surface area contributed by atoms with Gasteiger partial charge in [-0.15, -0.1) is 5.10 Å². The monoisotopic (exact) mass is 672 g/mol. The number of nitrogens with zero attached hydrogens (tertiary/aromatic N) is 7. The number of piperidine rings is 2. The van der Waals surface area contributed by atoms with E-state index in [1.54, 1.807) is 28.1 Å². The fraction of sp³-hybridized carbons (Fsp3) is 0.571. The zero-order valence-corrected chi connectivity index (χ0v) is 25.4. The number of aliphatic hydroxyl groups excluding tert-OH is 1. The first-order valence-corrected chi connectivity index (χ1v) is 16.5. The lowest BCUT2D eigenvalue weighted by atomic mass is 9.88. The lowest BCUT2D eigenvalue weighted by Gasteiger charge is -2.44. The third-order valence-corrected chi connectivity index (χ3v) is 10.1. The van der Waals surface area contributed by atoms with Crippen LogP contribution in [0.3, 0.4) is 0 Å². The predicted molar refractivity (Wildman–Crippen MR) is 158 cm³/mol. The van der Waals surface area contributed by atoms with Crippen LogP contribution in [0, 0.1) is 5.92 Å². The lowest BCUT2D eigenvalue weighted by molar-refractivity contribution is -0.285. The largest absolute Gasteiger partial charge is 0.417 e. The number of benzene rings is 1. The van der Waals surface area contributed by atoms with E-state index in [4.69, 9.17) is 9.84 Å². The Labute approximate surface area is 261 Å². The first kappa shape index (κ1) is 32.3. The third kappa shape index (κ3) is 6.46. The Morgan fingerprint density at radius 1 is 1.04 bits per heavy atom. The van der Waals surface area contributed by atoms with Crippen LogP contribution in [0.25, 0.3) is 17.1 Å².